The molecular weight excluding hydrogens is 182 g/mol. The van der Waals surface area contributed by atoms with Crippen molar-refractivity contribution >= 4 is 5.69 Å². The molecule has 1 aromatic rings. The summed E-state index contributed by atoms with van der Waals surface area (Å²) in [5.74, 6) is 0. The Morgan fingerprint density at radius 1 is 1.43 bits per heavy atom. The second-order valence-electron chi connectivity index (χ2n) is 3.04. The van der Waals surface area contributed by atoms with Gasteiger partial charge in [-0.1, -0.05) is 0 Å². The topological polar surface area (TPSA) is 62.3 Å². The zero-order chi connectivity index (χ0) is 10.4. The minimum Gasteiger partial charge on any atom is -0.396 e. The first kappa shape index (κ1) is 11.0. The van der Waals surface area contributed by atoms with E-state index >= 15 is 0 Å². The number of hydrogen-bond acceptors (Lipinski definition) is 4. The second-order valence-corrected chi connectivity index (χ2v) is 3.04. The number of rotatable bonds is 6. The van der Waals surface area contributed by atoms with Crippen molar-refractivity contribution in [3.8, 4) is 0 Å². The summed E-state index contributed by atoms with van der Waals surface area (Å²) >= 11 is 0. The van der Waals surface area contributed by atoms with Crippen molar-refractivity contribution in [2.24, 2.45) is 0 Å². The standard InChI is InChI=1S/C9H17N3O2/c1-8-9(10)7-12(11-8)3-4-14-6-5-13-2/h7H,3-6,10H2,1-2H3. The van der Waals surface area contributed by atoms with Crippen LogP contribution in [0.3, 0.4) is 0 Å². The molecule has 5 heteroatoms. The number of aromatic nitrogens is 2. The SMILES string of the molecule is COCCOCCn1cc(N)c(C)n1. The monoisotopic (exact) mass is 199 g/mol. The molecule has 0 saturated carbocycles. The van der Waals surface area contributed by atoms with Crippen LogP contribution in [-0.4, -0.2) is 36.7 Å². The maximum absolute atomic E-state index is 5.65. The van der Waals surface area contributed by atoms with Crippen LogP contribution in [0, 0.1) is 6.92 Å². The van der Waals surface area contributed by atoms with Crippen molar-refractivity contribution in [3.05, 3.63) is 11.9 Å². The number of hydrogen-bond donors (Lipinski definition) is 1. The third-order valence-electron chi connectivity index (χ3n) is 1.88. The molecule has 0 spiro atoms. The summed E-state index contributed by atoms with van der Waals surface area (Å²) in [7, 11) is 1.65. The summed E-state index contributed by atoms with van der Waals surface area (Å²) in [5.41, 5.74) is 7.24. The summed E-state index contributed by atoms with van der Waals surface area (Å²) in [5, 5.41) is 4.21. The average molecular weight is 199 g/mol. The van der Waals surface area contributed by atoms with Gasteiger partial charge in [0.25, 0.3) is 0 Å². The van der Waals surface area contributed by atoms with Gasteiger partial charge in [-0.2, -0.15) is 5.10 Å². The molecule has 80 valence electrons. The van der Waals surface area contributed by atoms with Crippen molar-refractivity contribution < 1.29 is 9.47 Å². The van der Waals surface area contributed by atoms with Crippen molar-refractivity contribution in [1.82, 2.24) is 9.78 Å². The Bertz CT molecular complexity index is 254. The van der Waals surface area contributed by atoms with Crippen LogP contribution in [0.5, 0.6) is 0 Å². The zero-order valence-electron chi connectivity index (χ0n) is 8.69. The fourth-order valence-corrected chi connectivity index (χ4v) is 1.05. The smallest absolute Gasteiger partial charge is 0.0822 e. The first-order chi connectivity index (χ1) is 6.74. The van der Waals surface area contributed by atoms with Crippen LogP contribution in [0.25, 0.3) is 0 Å². The van der Waals surface area contributed by atoms with E-state index in [4.69, 9.17) is 15.2 Å². The van der Waals surface area contributed by atoms with E-state index < -0.39 is 0 Å². The van der Waals surface area contributed by atoms with E-state index in [1.165, 1.54) is 0 Å². The summed E-state index contributed by atoms with van der Waals surface area (Å²) in [4.78, 5) is 0. The Labute approximate surface area is 83.8 Å². The number of nitrogens with two attached hydrogens (primary N) is 1. The minimum absolute atomic E-state index is 0.617. The quantitative estimate of drug-likeness (QED) is 0.675. The number of nitrogen functional groups attached to an aromatic ring is 1. The van der Waals surface area contributed by atoms with Crippen molar-refractivity contribution in [2.75, 3.05) is 32.7 Å². The molecule has 14 heavy (non-hydrogen) atoms. The van der Waals surface area contributed by atoms with E-state index in [1.807, 2.05) is 13.1 Å². The van der Waals surface area contributed by atoms with Gasteiger partial charge >= 0.3 is 0 Å². The highest BCUT2D eigenvalue weighted by Crippen LogP contribution is 2.05. The summed E-state index contributed by atoms with van der Waals surface area (Å²) < 4.78 is 11.9. The first-order valence-electron chi connectivity index (χ1n) is 4.60. The van der Waals surface area contributed by atoms with Gasteiger partial charge < -0.3 is 15.2 Å². The predicted molar refractivity (Wildman–Crippen MR) is 54.1 cm³/mol. The zero-order valence-corrected chi connectivity index (χ0v) is 8.69. The Morgan fingerprint density at radius 3 is 2.79 bits per heavy atom. The Hall–Kier alpha value is -1.07. The fraction of sp³-hybridized carbons (Fsp3) is 0.667. The fourth-order valence-electron chi connectivity index (χ4n) is 1.05. The molecular formula is C9H17N3O2. The lowest BCUT2D eigenvalue weighted by Crippen LogP contribution is -2.09. The predicted octanol–water partition coefficient (Wildman–Crippen LogP) is 0.437. The molecule has 0 aliphatic carbocycles. The van der Waals surface area contributed by atoms with Gasteiger partial charge in [-0.3, -0.25) is 4.68 Å². The van der Waals surface area contributed by atoms with E-state index in [-0.39, 0.29) is 0 Å². The molecule has 0 amide bonds. The molecule has 0 bridgehead atoms. The minimum atomic E-state index is 0.617. The lowest BCUT2D eigenvalue weighted by molar-refractivity contribution is 0.0654. The maximum atomic E-state index is 5.65. The lowest BCUT2D eigenvalue weighted by atomic mass is 10.4. The Kier molecular flexibility index (Phi) is 4.42. The summed E-state index contributed by atoms with van der Waals surface area (Å²) in [6, 6.07) is 0. The highest BCUT2D eigenvalue weighted by Gasteiger charge is 1.99. The van der Waals surface area contributed by atoms with Gasteiger partial charge in [-0.05, 0) is 6.92 Å². The van der Waals surface area contributed by atoms with Crippen LogP contribution in [0.1, 0.15) is 5.69 Å². The highest BCUT2D eigenvalue weighted by atomic mass is 16.5. The molecule has 1 rings (SSSR count). The van der Waals surface area contributed by atoms with Crippen LogP contribution < -0.4 is 5.73 Å². The van der Waals surface area contributed by atoms with Gasteiger partial charge in [-0.15, -0.1) is 0 Å². The maximum Gasteiger partial charge on any atom is 0.0822 e. The van der Waals surface area contributed by atoms with E-state index in [2.05, 4.69) is 5.10 Å². The van der Waals surface area contributed by atoms with Crippen LogP contribution >= 0.6 is 0 Å². The molecule has 0 unspecified atom stereocenters. The van der Waals surface area contributed by atoms with E-state index in [1.54, 1.807) is 11.8 Å². The Balaban J connectivity index is 2.18. The molecule has 1 aromatic heterocycles. The highest BCUT2D eigenvalue weighted by molar-refractivity contribution is 5.39. The summed E-state index contributed by atoms with van der Waals surface area (Å²) in [6.07, 6.45) is 1.81. The molecule has 0 fully saturated rings. The number of aryl methyl sites for hydroxylation is 1. The second kappa shape index (κ2) is 5.62. The van der Waals surface area contributed by atoms with E-state index in [0.29, 0.717) is 19.8 Å². The average Bonchev–Trinajstić information content (AvgIpc) is 2.46. The largest absolute Gasteiger partial charge is 0.396 e. The van der Waals surface area contributed by atoms with Gasteiger partial charge in [0.2, 0.25) is 0 Å². The molecule has 1 heterocycles. The van der Waals surface area contributed by atoms with E-state index in [9.17, 15) is 0 Å². The molecule has 5 nitrogen and oxygen atoms in total. The third-order valence-corrected chi connectivity index (χ3v) is 1.88. The number of anilines is 1. The first-order valence-corrected chi connectivity index (χ1v) is 4.60. The molecule has 0 saturated heterocycles. The molecule has 0 aliphatic heterocycles. The normalized spacial score (nSPS) is 10.7. The van der Waals surface area contributed by atoms with Gasteiger partial charge in [0.1, 0.15) is 0 Å². The number of ether oxygens (including phenoxy) is 2. The van der Waals surface area contributed by atoms with Crippen LogP contribution in [0.2, 0.25) is 0 Å². The van der Waals surface area contributed by atoms with Crippen molar-refractivity contribution in [3.63, 3.8) is 0 Å². The molecule has 0 radical (unpaired) electrons. The van der Waals surface area contributed by atoms with Crippen LogP contribution in [0.15, 0.2) is 6.20 Å². The third kappa shape index (κ3) is 3.35. The molecule has 0 aromatic carbocycles. The number of nitrogens with zero attached hydrogens (tertiary/aromatic N) is 2. The van der Waals surface area contributed by atoms with Gasteiger partial charge in [0.05, 0.1) is 37.7 Å². The number of methoxy groups -OCH3 is 1. The van der Waals surface area contributed by atoms with Gasteiger partial charge in [-0.25, -0.2) is 0 Å². The van der Waals surface area contributed by atoms with Gasteiger partial charge in [0.15, 0.2) is 0 Å². The van der Waals surface area contributed by atoms with Crippen LogP contribution in [-0.2, 0) is 16.0 Å². The molecule has 0 aliphatic rings. The summed E-state index contributed by atoms with van der Waals surface area (Å²) in [6.45, 7) is 4.48. The van der Waals surface area contributed by atoms with E-state index in [0.717, 1.165) is 17.9 Å². The van der Waals surface area contributed by atoms with Gasteiger partial charge in [0, 0.05) is 13.3 Å². The molecule has 0 atom stereocenters. The lowest BCUT2D eigenvalue weighted by Gasteiger charge is -2.03. The Morgan fingerprint density at radius 2 is 2.21 bits per heavy atom. The van der Waals surface area contributed by atoms with Crippen molar-refractivity contribution in [2.45, 2.75) is 13.5 Å². The molecule has 2 N–H and O–H groups in total. The van der Waals surface area contributed by atoms with Crippen molar-refractivity contribution in [1.29, 1.82) is 0 Å². The van der Waals surface area contributed by atoms with Crippen LogP contribution in [0.4, 0.5) is 5.69 Å².